The first-order valence-corrected chi connectivity index (χ1v) is 9.81. The molecule has 0 bridgehead atoms. The normalized spacial score (nSPS) is 10.3. The zero-order valence-corrected chi connectivity index (χ0v) is 17.7. The Morgan fingerprint density at radius 2 is 1.63 bits per heavy atom. The van der Waals surface area contributed by atoms with Gasteiger partial charge in [-0.3, -0.25) is 4.79 Å². The minimum atomic E-state index is -0.235. The maximum Gasteiger partial charge on any atom is 0.262 e. The van der Waals surface area contributed by atoms with Crippen molar-refractivity contribution in [1.29, 1.82) is 0 Å². The fourth-order valence-electron chi connectivity index (χ4n) is 2.44. The third-order valence-corrected chi connectivity index (χ3v) is 4.71. The Kier molecular flexibility index (Phi) is 6.53. The number of benzene rings is 3. The first kappa shape index (κ1) is 19.5. The van der Waals surface area contributed by atoms with Crippen LogP contribution in [-0.2, 0) is 4.79 Å². The summed E-state index contributed by atoms with van der Waals surface area (Å²) in [5.41, 5.74) is 1.61. The second-order valence-corrected chi connectivity index (χ2v) is 7.58. The van der Waals surface area contributed by atoms with E-state index in [0.717, 1.165) is 20.3 Å². The zero-order valence-electron chi connectivity index (χ0n) is 14.5. The van der Waals surface area contributed by atoms with E-state index in [1.165, 1.54) is 0 Å². The lowest BCUT2D eigenvalue weighted by Gasteiger charge is -2.12. The van der Waals surface area contributed by atoms with E-state index in [9.17, 15) is 4.79 Å². The number of carbonyl (C=O) groups is 1. The largest absolute Gasteiger partial charge is 0.482 e. The van der Waals surface area contributed by atoms with Crippen LogP contribution < -0.4 is 14.8 Å². The first-order valence-electron chi connectivity index (χ1n) is 8.22. The van der Waals surface area contributed by atoms with Crippen molar-refractivity contribution in [2.45, 2.75) is 6.92 Å². The fourth-order valence-corrected chi connectivity index (χ4v) is 3.99. The molecule has 27 heavy (non-hydrogen) atoms. The molecular weight excluding hydrogens is 474 g/mol. The molecule has 0 atom stereocenters. The number of halogens is 2. The van der Waals surface area contributed by atoms with Crippen LogP contribution in [0.4, 0.5) is 5.69 Å². The molecule has 0 aliphatic rings. The van der Waals surface area contributed by atoms with Gasteiger partial charge in [0.15, 0.2) is 6.61 Å². The molecule has 3 aromatic rings. The van der Waals surface area contributed by atoms with Gasteiger partial charge in [-0.1, -0.05) is 34.1 Å². The number of carbonyl (C=O) groups excluding carboxylic acids is 1. The van der Waals surface area contributed by atoms with Gasteiger partial charge < -0.3 is 14.8 Å². The van der Waals surface area contributed by atoms with Crippen LogP contribution in [0.25, 0.3) is 0 Å². The highest BCUT2D eigenvalue weighted by atomic mass is 79.9. The molecule has 0 heterocycles. The van der Waals surface area contributed by atoms with Gasteiger partial charge in [0.05, 0.1) is 4.47 Å². The van der Waals surface area contributed by atoms with Crippen molar-refractivity contribution in [1.82, 2.24) is 0 Å². The first-order chi connectivity index (χ1) is 13.0. The van der Waals surface area contributed by atoms with Crippen LogP contribution in [0.5, 0.6) is 17.2 Å². The third kappa shape index (κ3) is 5.58. The van der Waals surface area contributed by atoms with Gasteiger partial charge in [-0.2, -0.15) is 0 Å². The fraction of sp³-hybridized carbons (Fsp3) is 0.0952. The topological polar surface area (TPSA) is 47.6 Å². The number of amides is 1. The van der Waals surface area contributed by atoms with E-state index in [-0.39, 0.29) is 12.5 Å². The molecule has 0 saturated carbocycles. The molecule has 0 spiro atoms. The summed E-state index contributed by atoms with van der Waals surface area (Å²) in [6.07, 6.45) is 0. The molecule has 0 fully saturated rings. The van der Waals surface area contributed by atoms with Crippen molar-refractivity contribution in [2.24, 2.45) is 0 Å². The molecule has 0 aliphatic carbocycles. The molecule has 0 aromatic heterocycles. The zero-order chi connectivity index (χ0) is 19.2. The molecule has 3 rings (SSSR count). The lowest BCUT2D eigenvalue weighted by Crippen LogP contribution is -2.20. The van der Waals surface area contributed by atoms with E-state index >= 15 is 0 Å². The molecule has 3 aromatic carbocycles. The Hall–Kier alpha value is -2.31. The predicted molar refractivity (Wildman–Crippen MR) is 114 cm³/mol. The minimum Gasteiger partial charge on any atom is -0.482 e. The lowest BCUT2D eigenvalue weighted by molar-refractivity contribution is -0.118. The van der Waals surface area contributed by atoms with Crippen molar-refractivity contribution in [2.75, 3.05) is 11.9 Å². The van der Waals surface area contributed by atoms with Gasteiger partial charge in [-0.15, -0.1) is 0 Å². The summed E-state index contributed by atoms with van der Waals surface area (Å²) in [5.74, 6) is 1.88. The minimum absolute atomic E-state index is 0.0800. The second kappa shape index (κ2) is 9.06. The van der Waals surface area contributed by atoms with Gasteiger partial charge in [-0.05, 0) is 76.9 Å². The lowest BCUT2D eigenvalue weighted by atomic mass is 10.2. The molecule has 0 saturated heterocycles. The summed E-state index contributed by atoms with van der Waals surface area (Å²) < 4.78 is 13.1. The van der Waals surface area contributed by atoms with Crippen molar-refractivity contribution < 1.29 is 14.3 Å². The third-order valence-electron chi connectivity index (χ3n) is 3.66. The Bertz CT molecular complexity index is 905. The van der Waals surface area contributed by atoms with Gasteiger partial charge in [0.25, 0.3) is 5.91 Å². The van der Waals surface area contributed by atoms with Crippen LogP contribution in [0.3, 0.4) is 0 Å². The molecule has 4 nitrogen and oxygen atoms in total. The van der Waals surface area contributed by atoms with Crippen LogP contribution in [0, 0.1) is 6.92 Å². The van der Waals surface area contributed by atoms with E-state index in [2.05, 4.69) is 37.2 Å². The van der Waals surface area contributed by atoms with Crippen molar-refractivity contribution >= 4 is 43.5 Å². The van der Waals surface area contributed by atoms with E-state index in [1.807, 2.05) is 49.4 Å². The Morgan fingerprint density at radius 3 is 2.30 bits per heavy atom. The molecular formula is C21H17Br2NO3. The number of rotatable bonds is 6. The van der Waals surface area contributed by atoms with Gasteiger partial charge in [0.2, 0.25) is 0 Å². The Labute approximate surface area is 174 Å². The number of aryl methyl sites for hydroxylation is 1. The summed E-state index contributed by atoms with van der Waals surface area (Å²) >= 11 is 6.87. The van der Waals surface area contributed by atoms with Crippen molar-refractivity contribution in [3.63, 3.8) is 0 Å². The van der Waals surface area contributed by atoms with Crippen LogP contribution >= 0.6 is 31.9 Å². The highest BCUT2D eigenvalue weighted by molar-refractivity contribution is 9.11. The van der Waals surface area contributed by atoms with E-state index < -0.39 is 0 Å². The summed E-state index contributed by atoms with van der Waals surface area (Å²) in [5, 5.41) is 2.81. The van der Waals surface area contributed by atoms with Crippen LogP contribution in [0.15, 0.2) is 75.7 Å². The van der Waals surface area contributed by atoms with Crippen molar-refractivity contribution in [3.8, 4) is 17.2 Å². The van der Waals surface area contributed by atoms with Gasteiger partial charge >= 0.3 is 0 Å². The smallest absolute Gasteiger partial charge is 0.262 e. The average Bonchev–Trinajstić information content (AvgIpc) is 2.63. The Balaban J connectivity index is 1.55. The molecule has 6 heteroatoms. The number of para-hydroxylation sites is 1. The molecule has 0 radical (unpaired) electrons. The quantitative estimate of drug-likeness (QED) is 0.439. The second-order valence-electron chi connectivity index (χ2n) is 5.81. The van der Waals surface area contributed by atoms with Gasteiger partial charge in [0.1, 0.15) is 17.2 Å². The SMILES string of the molecule is Cc1cc(Br)cc(Br)c1OCC(=O)Nc1ccc(Oc2ccccc2)cc1. The Morgan fingerprint density at radius 1 is 0.963 bits per heavy atom. The summed E-state index contributed by atoms with van der Waals surface area (Å²) in [4.78, 5) is 12.2. The maximum absolute atomic E-state index is 12.2. The molecule has 1 N–H and O–H groups in total. The molecule has 0 aliphatic heterocycles. The van der Waals surface area contributed by atoms with E-state index in [1.54, 1.807) is 24.3 Å². The maximum atomic E-state index is 12.2. The molecule has 0 unspecified atom stereocenters. The average molecular weight is 491 g/mol. The van der Waals surface area contributed by atoms with Gasteiger partial charge in [0, 0.05) is 10.2 Å². The number of hydrogen-bond donors (Lipinski definition) is 1. The highest BCUT2D eigenvalue weighted by Gasteiger charge is 2.10. The number of hydrogen-bond acceptors (Lipinski definition) is 3. The van der Waals surface area contributed by atoms with Crippen LogP contribution in [0.2, 0.25) is 0 Å². The summed E-state index contributed by atoms with van der Waals surface area (Å²) in [6, 6.07) is 20.5. The molecule has 138 valence electrons. The standard InChI is InChI=1S/C21H17Br2NO3/c1-14-11-15(22)12-19(23)21(14)26-13-20(25)24-16-7-9-18(10-8-16)27-17-5-3-2-4-6-17/h2-12H,13H2,1H3,(H,24,25). The van der Waals surface area contributed by atoms with E-state index in [4.69, 9.17) is 9.47 Å². The van der Waals surface area contributed by atoms with Crippen LogP contribution in [-0.4, -0.2) is 12.5 Å². The number of ether oxygens (including phenoxy) is 2. The summed E-state index contributed by atoms with van der Waals surface area (Å²) in [7, 11) is 0. The highest BCUT2D eigenvalue weighted by Crippen LogP contribution is 2.32. The molecule has 1 amide bonds. The van der Waals surface area contributed by atoms with Gasteiger partial charge in [-0.25, -0.2) is 0 Å². The monoisotopic (exact) mass is 489 g/mol. The number of nitrogens with one attached hydrogen (secondary N) is 1. The summed E-state index contributed by atoms with van der Waals surface area (Å²) in [6.45, 7) is 1.84. The number of anilines is 1. The van der Waals surface area contributed by atoms with Crippen molar-refractivity contribution in [3.05, 3.63) is 81.2 Å². The predicted octanol–water partition coefficient (Wildman–Crippen LogP) is 6.33. The van der Waals surface area contributed by atoms with Crippen LogP contribution in [0.1, 0.15) is 5.56 Å². The van der Waals surface area contributed by atoms with E-state index in [0.29, 0.717) is 17.2 Å².